The van der Waals surface area contributed by atoms with Gasteiger partial charge in [0.25, 0.3) is 0 Å². The van der Waals surface area contributed by atoms with E-state index in [1.807, 2.05) is 13.0 Å². The molecule has 1 aromatic carbocycles. The molecular formula is C13H15Cl2NO3S. The molecule has 110 valence electrons. The van der Waals surface area contributed by atoms with Crippen LogP contribution in [0.5, 0.6) is 0 Å². The van der Waals surface area contributed by atoms with Crippen molar-refractivity contribution in [1.29, 1.82) is 0 Å². The molecule has 20 heavy (non-hydrogen) atoms. The Bertz CT molecular complexity index is 656. The summed E-state index contributed by atoms with van der Waals surface area (Å²) in [5.41, 5.74) is 1.31. The Labute approximate surface area is 128 Å². The van der Waals surface area contributed by atoms with E-state index in [0.29, 0.717) is 25.1 Å². The average Bonchev–Trinajstić information content (AvgIpc) is 2.40. The van der Waals surface area contributed by atoms with Gasteiger partial charge >= 0.3 is 0 Å². The normalized spacial score (nSPS) is 17.1. The van der Waals surface area contributed by atoms with Crippen molar-refractivity contribution in [3.63, 3.8) is 0 Å². The van der Waals surface area contributed by atoms with Crippen LogP contribution in [0.25, 0.3) is 0 Å². The molecule has 0 aliphatic carbocycles. The van der Waals surface area contributed by atoms with Gasteiger partial charge in [-0.25, -0.2) is 8.42 Å². The van der Waals surface area contributed by atoms with Crippen LogP contribution in [0, 0.1) is 0 Å². The second-order valence-electron chi connectivity index (χ2n) is 4.71. The fraction of sp³-hybridized carbons (Fsp3) is 0.385. The van der Waals surface area contributed by atoms with Gasteiger partial charge in [0.1, 0.15) is 4.90 Å². The minimum Gasteiger partial charge on any atom is -0.392 e. The van der Waals surface area contributed by atoms with Gasteiger partial charge in [0.15, 0.2) is 0 Å². The lowest BCUT2D eigenvalue weighted by atomic mass is 10.2. The molecule has 0 amide bonds. The third kappa shape index (κ3) is 3.02. The van der Waals surface area contributed by atoms with E-state index in [9.17, 15) is 13.5 Å². The minimum absolute atomic E-state index is 0.0316. The molecule has 1 aromatic rings. The van der Waals surface area contributed by atoms with Crippen LogP contribution in [0.1, 0.15) is 18.9 Å². The van der Waals surface area contributed by atoms with Gasteiger partial charge in [-0.15, -0.1) is 0 Å². The van der Waals surface area contributed by atoms with Crippen molar-refractivity contribution < 1.29 is 13.5 Å². The van der Waals surface area contributed by atoms with Crippen molar-refractivity contribution in [1.82, 2.24) is 4.31 Å². The zero-order valence-electron chi connectivity index (χ0n) is 10.9. The van der Waals surface area contributed by atoms with Crippen LogP contribution in [0.4, 0.5) is 0 Å². The van der Waals surface area contributed by atoms with Gasteiger partial charge in [-0.05, 0) is 31.0 Å². The van der Waals surface area contributed by atoms with Crippen LogP contribution in [0.2, 0.25) is 10.0 Å². The highest BCUT2D eigenvalue weighted by Crippen LogP contribution is 2.32. The van der Waals surface area contributed by atoms with Crippen LogP contribution >= 0.6 is 23.2 Å². The molecule has 2 rings (SSSR count). The van der Waals surface area contributed by atoms with Crippen molar-refractivity contribution in [2.24, 2.45) is 0 Å². The van der Waals surface area contributed by atoms with Gasteiger partial charge in [0.2, 0.25) is 10.0 Å². The van der Waals surface area contributed by atoms with E-state index in [4.69, 9.17) is 23.2 Å². The van der Waals surface area contributed by atoms with E-state index in [-0.39, 0.29) is 21.5 Å². The molecule has 1 N–H and O–H groups in total. The van der Waals surface area contributed by atoms with Gasteiger partial charge in [-0.3, -0.25) is 0 Å². The first kappa shape index (κ1) is 15.8. The predicted molar refractivity (Wildman–Crippen MR) is 79.5 cm³/mol. The molecule has 0 spiro atoms. The maximum atomic E-state index is 12.6. The topological polar surface area (TPSA) is 57.6 Å². The number of rotatable bonds is 3. The molecule has 0 atom stereocenters. The van der Waals surface area contributed by atoms with Crippen molar-refractivity contribution in [3.05, 3.63) is 39.4 Å². The van der Waals surface area contributed by atoms with Crippen LogP contribution < -0.4 is 0 Å². The summed E-state index contributed by atoms with van der Waals surface area (Å²) in [6, 6.07) is 2.79. The molecule has 4 nitrogen and oxygen atoms in total. The molecule has 0 radical (unpaired) electrons. The van der Waals surface area contributed by atoms with Crippen molar-refractivity contribution in [3.8, 4) is 0 Å². The highest BCUT2D eigenvalue weighted by atomic mass is 35.5. The average molecular weight is 336 g/mol. The van der Waals surface area contributed by atoms with Crippen LogP contribution in [0.3, 0.4) is 0 Å². The maximum Gasteiger partial charge on any atom is 0.244 e. The van der Waals surface area contributed by atoms with Crippen molar-refractivity contribution in [2.45, 2.75) is 24.8 Å². The van der Waals surface area contributed by atoms with Gasteiger partial charge in [-0.2, -0.15) is 4.31 Å². The number of hydrogen-bond donors (Lipinski definition) is 1. The maximum absolute atomic E-state index is 12.6. The summed E-state index contributed by atoms with van der Waals surface area (Å²) >= 11 is 12.0. The highest BCUT2D eigenvalue weighted by Gasteiger charge is 2.29. The van der Waals surface area contributed by atoms with E-state index in [2.05, 4.69) is 0 Å². The van der Waals surface area contributed by atoms with E-state index in [1.165, 1.54) is 16.4 Å². The summed E-state index contributed by atoms with van der Waals surface area (Å²) in [7, 11) is -3.72. The molecule has 7 heteroatoms. The Hall–Kier alpha value is -0.590. The highest BCUT2D eigenvalue weighted by molar-refractivity contribution is 7.89. The number of halogens is 2. The molecule has 0 saturated heterocycles. The first-order valence-electron chi connectivity index (χ1n) is 6.11. The SMILES string of the molecule is CC1=CCCN(S(=O)(=O)c2cc(Cl)cc(CO)c2Cl)C1. The summed E-state index contributed by atoms with van der Waals surface area (Å²) in [6.07, 6.45) is 2.70. The second-order valence-corrected chi connectivity index (χ2v) is 7.43. The van der Waals surface area contributed by atoms with Gasteiger partial charge in [0.05, 0.1) is 11.6 Å². The summed E-state index contributed by atoms with van der Waals surface area (Å²) < 4.78 is 26.7. The molecule has 0 fully saturated rings. The van der Waals surface area contributed by atoms with Crippen molar-refractivity contribution >= 4 is 33.2 Å². The first-order chi connectivity index (χ1) is 9.36. The lowest BCUT2D eigenvalue weighted by Crippen LogP contribution is -2.35. The fourth-order valence-electron chi connectivity index (χ4n) is 2.14. The number of hydrogen-bond acceptors (Lipinski definition) is 3. The van der Waals surface area contributed by atoms with Crippen LogP contribution in [-0.4, -0.2) is 30.9 Å². The summed E-state index contributed by atoms with van der Waals surface area (Å²) in [5.74, 6) is 0. The lowest BCUT2D eigenvalue weighted by molar-refractivity contribution is 0.281. The quantitative estimate of drug-likeness (QED) is 0.864. The molecular weight excluding hydrogens is 321 g/mol. The van der Waals surface area contributed by atoms with Gasteiger partial charge < -0.3 is 5.11 Å². The summed E-state index contributed by atoms with van der Waals surface area (Å²) in [4.78, 5) is -0.0505. The van der Waals surface area contributed by atoms with Crippen molar-refractivity contribution in [2.75, 3.05) is 13.1 Å². The number of aliphatic hydroxyl groups is 1. The number of benzene rings is 1. The number of aliphatic hydroxyl groups excluding tert-OH is 1. The zero-order valence-corrected chi connectivity index (χ0v) is 13.3. The Kier molecular flexibility index (Phi) is 4.76. The van der Waals surface area contributed by atoms with E-state index >= 15 is 0 Å². The monoisotopic (exact) mass is 335 g/mol. The molecule has 1 aliphatic rings. The van der Waals surface area contributed by atoms with Crippen LogP contribution in [-0.2, 0) is 16.6 Å². The molecule has 1 aliphatic heterocycles. The Morgan fingerprint density at radius 3 is 2.65 bits per heavy atom. The Morgan fingerprint density at radius 1 is 1.35 bits per heavy atom. The molecule has 0 bridgehead atoms. The summed E-state index contributed by atoms with van der Waals surface area (Å²) in [6.45, 7) is 2.29. The lowest BCUT2D eigenvalue weighted by Gasteiger charge is -2.26. The number of sulfonamides is 1. The molecule has 1 heterocycles. The smallest absolute Gasteiger partial charge is 0.244 e. The first-order valence-corrected chi connectivity index (χ1v) is 8.30. The largest absolute Gasteiger partial charge is 0.392 e. The zero-order chi connectivity index (χ0) is 14.9. The number of nitrogens with zero attached hydrogens (tertiary/aromatic N) is 1. The van der Waals surface area contributed by atoms with E-state index < -0.39 is 10.0 Å². The van der Waals surface area contributed by atoms with E-state index in [0.717, 1.165) is 5.57 Å². The van der Waals surface area contributed by atoms with Crippen LogP contribution in [0.15, 0.2) is 28.7 Å². The minimum atomic E-state index is -3.72. The predicted octanol–water partition coefficient (Wildman–Crippen LogP) is 2.83. The Balaban J connectivity index is 2.50. The molecule has 0 saturated carbocycles. The second kappa shape index (κ2) is 6.03. The fourth-order valence-corrected chi connectivity index (χ4v) is 4.54. The van der Waals surface area contributed by atoms with Gasteiger partial charge in [-0.1, -0.05) is 34.9 Å². The van der Waals surface area contributed by atoms with E-state index in [1.54, 1.807) is 0 Å². The molecule has 0 aromatic heterocycles. The van der Waals surface area contributed by atoms with Gasteiger partial charge in [0, 0.05) is 18.1 Å². The summed E-state index contributed by atoms with van der Waals surface area (Å²) in [5, 5.41) is 9.49. The molecule has 0 unspecified atom stereocenters. The third-order valence-electron chi connectivity index (χ3n) is 3.16. The Morgan fingerprint density at radius 2 is 2.05 bits per heavy atom. The standard InChI is InChI=1S/C13H15Cl2NO3S/c1-9-3-2-4-16(7-9)20(18,19)12-6-11(14)5-10(8-17)13(12)15/h3,5-6,17H,2,4,7-8H2,1H3. The third-order valence-corrected chi connectivity index (χ3v) is 5.81.